The van der Waals surface area contributed by atoms with Crippen molar-refractivity contribution in [1.29, 1.82) is 0 Å². The predicted molar refractivity (Wildman–Crippen MR) is 74.6 cm³/mol. The predicted octanol–water partition coefficient (Wildman–Crippen LogP) is 0.191. The Hall–Kier alpha value is -1.46. The first kappa shape index (κ1) is 14.0. The molecule has 1 aromatic heterocycles. The fourth-order valence-electron chi connectivity index (χ4n) is 2.02. The standard InChI is InChI=1S/C14H22N4O/c1-17(2)6-7-18(14(19)13-9-16-10-13)11-12-4-3-5-15-8-12/h3-5,8,13,16H,6-7,9-11H2,1-2H3. The molecule has 5 nitrogen and oxygen atoms in total. The van der Waals surface area contributed by atoms with Gasteiger partial charge in [-0.05, 0) is 25.7 Å². The quantitative estimate of drug-likeness (QED) is 0.795. The summed E-state index contributed by atoms with van der Waals surface area (Å²) in [5, 5.41) is 3.16. The van der Waals surface area contributed by atoms with E-state index < -0.39 is 0 Å². The van der Waals surface area contributed by atoms with Gasteiger partial charge in [0.2, 0.25) is 5.91 Å². The van der Waals surface area contributed by atoms with Gasteiger partial charge in [-0.3, -0.25) is 9.78 Å². The van der Waals surface area contributed by atoms with Crippen LogP contribution in [0.15, 0.2) is 24.5 Å². The van der Waals surface area contributed by atoms with Gasteiger partial charge in [0, 0.05) is 45.1 Å². The molecule has 1 fully saturated rings. The van der Waals surface area contributed by atoms with Crippen LogP contribution >= 0.6 is 0 Å². The van der Waals surface area contributed by atoms with E-state index in [-0.39, 0.29) is 11.8 Å². The highest BCUT2D eigenvalue weighted by Gasteiger charge is 2.29. The van der Waals surface area contributed by atoms with Gasteiger partial charge in [0.15, 0.2) is 0 Å². The molecular weight excluding hydrogens is 240 g/mol. The van der Waals surface area contributed by atoms with Crippen molar-refractivity contribution in [2.24, 2.45) is 5.92 Å². The molecule has 0 unspecified atom stereocenters. The number of likely N-dealkylation sites (N-methyl/N-ethyl adjacent to an activating group) is 1. The lowest BCUT2D eigenvalue weighted by molar-refractivity contribution is -0.137. The summed E-state index contributed by atoms with van der Waals surface area (Å²) in [5.41, 5.74) is 1.09. The third-order valence-electron chi connectivity index (χ3n) is 3.36. The van der Waals surface area contributed by atoms with Gasteiger partial charge in [-0.2, -0.15) is 0 Å². The molecule has 1 aromatic rings. The number of nitrogens with one attached hydrogen (secondary N) is 1. The van der Waals surface area contributed by atoms with Gasteiger partial charge in [0.1, 0.15) is 0 Å². The first-order valence-electron chi connectivity index (χ1n) is 6.70. The van der Waals surface area contributed by atoms with Gasteiger partial charge in [0.25, 0.3) is 0 Å². The number of carbonyl (C=O) groups excluding carboxylic acids is 1. The molecule has 5 heteroatoms. The zero-order valence-electron chi connectivity index (χ0n) is 11.7. The van der Waals surface area contributed by atoms with Crippen molar-refractivity contribution in [1.82, 2.24) is 20.1 Å². The normalized spacial score (nSPS) is 15.3. The number of rotatable bonds is 6. The Bertz CT molecular complexity index is 403. The molecule has 0 spiro atoms. The summed E-state index contributed by atoms with van der Waals surface area (Å²) in [4.78, 5) is 20.5. The Morgan fingerprint density at radius 1 is 1.42 bits per heavy atom. The molecule has 1 amide bonds. The fourth-order valence-corrected chi connectivity index (χ4v) is 2.02. The molecule has 1 N–H and O–H groups in total. The number of carbonyl (C=O) groups is 1. The Morgan fingerprint density at radius 3 is 2.74 bits per heavy atom. The molecule has 104 valence electrons. The molecule has 0 aromatic carbocycles. The second-order valence-corrected chi connectivity index (χ2v) is 5.28. The molecule has 2 heterocycles. The fraction of sp³-hybridized carbons (Fsp3) is 0.571. The Labute approximate surface area is 114 Å². The molecule has 0 saturated carbocycles. The van der Waals surface area contributed by atoms with Gasteiger partial charge in [-0.15, -0.1) is 0 Å². The zero-order valence-corrected chi connectivity index (χ0v) is 11.7. The minimum atomic E-state index is 0.152. The topological polar surface area (TPSA) is 48.5 Å². The lowest BCUT2D eigenvalue weighted by Crippen LogP contribution is -2.52. The summed E-state index contributed by atoms with van der Waals surface area (Å²) in [7, 11) is 4.05. The molecule has 0 aliphatic carbocycles. The molecule has 1 aliphatic heterocycles. The second kappa shape index (κ2) is 6.63. The van der Waals surface area contributed by atoms with Crippen LogP contribution < -0.4 is 5.32 Å². The summed E-state index contributed by atoms with van der Waals surface area (Å²) >= 11 is 0. The molecule has 1 saturated heterocycles. The first-order chi connectivity index (χ1) is 9.16. The zero-order chi connectivity index (χ0) is 13.7. The van der Waals surface area contributed by atoms with Crippen molar-refractivity contribution >= 4 is 5.91 Å². The number of pyridine rings is 1. The van der Waals surface area contributed by atoms with E-state index in [0.717, 1.165) is 31.7 Å². The Balaban J connectivity index is 1.98. The van der Waals surface area contributed by atoms with Crippen molar-refractivity contribution in [3.8, 4) is 0 Å². The first-order valence-corrected chi connectivity index (χ1v) is 6.70. The van der Waals surface area contributed by atoms with E-state index in [2.05, 4.69) is 15.2 Å². The lowest BCUT2D eigenvalue weighted by Gasteiger charge is -2.33. The van der Waals surface area contributed by atoms with Crippen LogP contribution in [0.2, 0.25) is 0 Å². The maximum Gasteiger partial charge on any atom is 0.228 e. The van der Waals surface area contributed by atoms with E-state index in [0.29, 0.717) is 6.54 Å². The summed E-state index contributed by atoms with van der Waals surface area (Å²) in [6.45, 7) is 3.91. The van der Waals surface area contributed by atoms with E-state index in [4.69, 9.17) is 0 Å². The minimum absolute atomic E-state index is 0.152. The SMILES string of the molecule is CN(C)CCN(Cc1cccnc1)C(=O)C1CNC1. The van der Waals surface area contributed by atoms with E-state index in [1.807, 2.05) is 37.3 Å². The molecule has 0 radical (unpaired) electrons. The van der Waals surface area contributed by atoms with Crippen LogP contribution in [-0.4, -0.2) is 61.0 Å². The third kappa shape index (κ3) is 4.01. The number of hydrogen-bond acceptors (Lipinski definition) is 4. The summed E-state index contributed by atoms with van der Waals surface area (Å²) < 4.78 is 0. The Morgan fingerprint density at radius 2 is 2.21 bits per heavy atom. The van der Waals surface area contributed by atoms with Crippen LogP contribution in [0.5, 0.6) is 0 Å². The lowest BCUT2D eigenvalue weighted by atomic mass is 10.0. The van der Waals surface area contributed by atoms with Gasteiger partial charge in [-0.1, -0.05) is 6.07 Å². The number of hydrogen-bond donors (Lipinski definition) is 1. The van der Waals surface area contributed by atoms with Gasteiger partial charge in [0.05, 0.1) is 5.92 Å². The summed E-state index contributed by atoms with van der Waals surface area (Å²) in [5.74, 6) is 0.406. The van der Waals surface area contributed by atoms with Crippen LogP contribution in [0.25, 0.3) is 0 Å². The van der Waals surface area contributed by atoms with Crippen LogP contribution in [0.1, 0.15) is 5.56 Å². The summed E-state index contributed by atoms with van der Waals surface area (Å²) in [6, 6.07) is 3.93. The van der Waals surface area contributed by atoms with E-state index >= 15 is 0 Å². The highest BCUT2D eigenvalue weighted by molar-refractivity contribution is 5.80. The number of nitrogens with zero attached hydrogens (tertiary/aromatic N) is 3. The largest absolute Gasteiger partial charge is 0.337 e. The number of amides is 1. The van der Waals surface area contributed by atoms with Crippen molar-refractivity contribution in [2.45, 2.75) is 6.54 Å². The van der Waals surface area contributed by atoms with Gasteiger partial charge < -0.3 is 15.1 Å². The van der Waals surface area contributed by atoms with Crippen LogP contribution in [-0.2, 0) is 11.3 Å². The van der Waals surface area contributed by atoms with E-state index in [1.54, 1.807) is 6.20 Å². The molecule has 1 aliphatic rings. The molecule has 2 rings (SSSR count). The molecule has 19 heavy (non-hydrogen) atoms. The van der Waals surface area contributed by atoms with Crippen LogP contribution in [0, 0.1) is 5.92 Å². The van der Waals surface area contributed by atoms with Crippen molar-refractivity contribution in [2.75, 3.05) is 40.3 Å². The van der Waals surface area contributed by atoms with Gasteiger partial charge >= 0.3 is 0 Å². The summed E-state index contributed by atoms with van der Waals surface area (Å²) in [6.07, 6.45) is 3.58. The monoisotopic (exact) mass is 262 g/mol. The van der Waals surface area contributed by atoms with Gasteiger partial charge in [-0.25, -0.2) is 0 Å². The van der Waals surface area contributed by atoms with Crippen molar-refractivity contribution < 1.29 is 4.79 Å². The maximum absolute atomic E-state index is 12.4. The van der Waals surface area contributed by atoms with Crippen molar-refractivity contribution in [3.63, 3.8) is 0 Å². The molecular formula is C14H22N4O. The number of aromatic nitrogens is 1. The average molecular weight is 262 g/mol. The average Bonchev–Trinajstić information content (AvgIpc) is 2.33. The van der Waals surface area contributed by atoms with Crippen LogP contribution in [0.3, 0.4) is 0 Å². The Kier molecular flexibility index (Phi) is 4.87. The van der Waals surface area contributed by atoms with E-state index in [1.165, 1.54) is 0 Å². The molecule has 0 atom stereocenters. The molecule has 0 bridgehead atoms. The maximum atomic E-state index is 12.4. The third-order valence-corrected chi connectivity index (χ3v) is 3.36. The minimum Gasteiger partial charge on any atom is -0.337 e. The van der Waals surface area contributed by atoms with E-state index in [9.17, 15) is 4.79 Å². The highest BCUT2D eigenvalue weighted by Crippen LogP contribution is 2.11. The highest BCUT2D eigenvalue weighted by atomic mass is 16.2. The van der Waals surface area contributed by atoms with Crippen molar-refractivity contribution in [3.05, 3.63) is 30.1 Å². The second-order valence-electron chi connectivity index (χ2n) is 5.28. The smallest absolute Gasteiger partial charge is 0.228 e. The van der Waals surface area contributed by atoms with Crippen LogP contribution in [0.4, 0.5) is 0 Å².